The number of nitrogens with zero attached hydrogens (tertiary/aromatic N) is 1. The molecule has 0 unspecified atom stereocenters. The van der Waals surface area contributed by atoms with E-state index in [1.165, 1.54) is 17.7 Å². The summed E-state index contributed by atoms with van der Waals surface area (Å²) < 4.78 is 18.8. The molecular weight excluding hydrogens is 379 g/mol. The Hall–Kier alpha value is -2.40. The van der Waals surface area contributed by atoms with Crippen molar-refractivity contribution in [3.05, 3.63) is 59.9 Å². The second kappa shape index (κ2) is 10.6. The predicted octanol–water partition coefficient (Wildman–Crippen LogP) is 5.31. The van der Waals surface area contributed by atoms with Crippen molar-refractivity contribution in [2.75, 3.05) is 31.6 Å². The molecule has 1 N–H and O–H groups in total. The highest BCUT2D eigenvalue weighted by molar-refractivity contribution is 5.92. The summed E-state index contributed by atoms with van der Waals surface area (Å²) in [5.41, 5.74) is 2.20. The zero-order chi connectivity index (χ0) is 21.5. The number of carbonyl (C=O) groups is 1. The average molecular weight is 413 g/mol. The van der Waals surface area contributed by atoms with Gasteiger partial charge in [-0.25, -0.2) is 4.39 Å². The Kier molecular flexibility index (Phi) is 7.86. The molecule has 1 aliphatic rings. The molecule has 4 nitrogen and oxygen atoms in total. The van der Waals surface area contributed by atoms with E-state index in [2.05, 4.69) is 29.3 Å². The van der Waals surface area contributed by atoms with Gasteiger partial charge >= 0.3 is 0 Å². The van der Waals surface area contributed by atoms with Crippen LogP contribution < -0.4 is 10.1 Å². The van der Waals surface area contributed by atoms with Gasteiger partial charge in [-0.1, -0.05) is 32.9 Å². The van der Waals surface area contributed by atoms with E-state index in [-0.39, 0.29) is 17.6 Å². The van der Waals surface area contributed by atoms with E-state index in [1.807, 2.05) is 26.0 Å². The van der Waals surface area contributed by atoms with Gasteiger partial charge in [-0.3, -0.25) is 4.79 Å². The Morgan fingerprint density at radius 3 is 2.50 bits per heavy atom. The maximum Gasteiger partial charge on any atom is 0.226 e. The SMILES string of the molecule is CC(C)C(=O)Nc1cccc(C2CCN(C[C@@H](C)COc3ccc(F)cc3)CC2)c1. The molecule has 3 rings (SSSR count). The molecule has 1 aliphatic heterocycles. The van der Waals surface area contributed by atoms with Gasteiger partial charge in [-0.15, -0.1) is 0 Å². The highest BCUT2D eigenvalue weighted by Gasteiger charge is 2.22. The summed E-state index contributed by atoms with van der Waals surface area (Å²) in [5.74, 6) is 1.44. The molecule has 0 radical (unpaired) electrons. The number of hydrogen-bond acceptors (Lipinski definition) is 3. The van der Waals surface area contributed by atoms with Gasteiger partial charge in [0.2, 0.25) is 5.91 Å². The minimum atomic E-state index is -0.244. The predicted molar refractivity (Wildman–Crippen MR) is 119 cm³/mol. The van der Waals surface area contributed by atoms with E-state index in [1.54, 1.807) is 12.1 Å². The molecule has 0 saturated carbocycles. The molecule has 1 amide bonds. The molecule has 5 heteroatoms. The van der Waals surface area contributed by atoms with Crippen molar-refractivity contribution in [1.82, 2.24) is 4.90 Å². The van der Waals surface area contributed by atoms with Crippen LogP contribution >= 0.6 is 0 Å². The highest BCUT2D eigenvalue weighted by atomic mass is 19.1. The van der Waals surface area contributed by atoms with E-state index >= 15 is 0 Å². The molecule has 0 aliphatic carbocycles. The van der Waals surface area contributed by atoms with Crippen LogP contribution in [0.15, 0.2) is 48.5 Å². The largest absolute Gasteiger partial charge is 0.493 e. The van der Waals surface area contributed by atoms with Crippen LogP contribution in [0, 0.1) is 17.7 Å². The second-order valence-electron chi connectivity index (χ2n) is 8.71. The number of anilines is 1. The molecule has 0 aromatic heterocycles. The minimum Gasteiger partial charge on any atom is -0.493 e. The first-order chi connectivity index (χ1) is 14.4. The summed E-state index contributed by atoms with van der Waals surface area (Å²) in [6.07, 6.45) is 2.24. The topological polar surface area (TPSA) is 41.6 Å². The van der Waals surface area contributed by atoms with Gasteiger partial charge in [0.05, 0.1) is 6.61 Å². The Morgan fingerprint density at radius 1 is 1.13 bits per heavy atom. The van der Waals surface area contributed by atoms with E-state index in [0.29, 0.717) is 24.2 Å². The zero-order valence-electron chi connectivity index (χ0n) is 18.2. The lowest BCUT2D eigenvalue weighted by Crippen LogP contribution is -2.37. The maximum atomic E-state index is 13.0. The number of likely N-dealkylation sites (tertiary alicyclic amines) is 1. The number of benzene rings is 2. The number of amides is 1. The molecule has 1 heterocycles. The Labute approximate surface area is 179 Å². The molecule has 0 bridgehead atoms. The first-order valence-electron chi connectivity index (χ1n) is 10.9. The Morgan fingerprint density at radius 2 is 1.83 bits per heavy atom. The summed E-state index contributed by atoms with van der Waals surface area (Å²) in [6.45, 7) is 9.75. The molecule has 0 spiro atoms. The Balaban J connectivity index is 1.44. The Bertz CT molecular complexity index is 814. The van der Waals surface area contributed by atoms with E-state index in [0.717, 1.165) is 38.2 Å². The van der Waals surface area contributed by atoms with Gasteiger partial charge in [-0.05, 0) is 73.8 Å². The smallest absolute Gasteiger partial charge is 0.226 e. The second-order valence-corrected chi connectivity index (χ2v) is 8.71. The van der Waals surface area contributed by atoms with Crippen molar-refractivity contribution < 1.29 is 13.9 Å². The van der Waals surface area contributed by atoms with Crippen molar-refractivity contribution >= 4 is 11.6 Å². The maximum absolute atomic E-state index is 13.0. The summed E-state index contributed by atoms with van der Waals surface area (Å²) in [6, 6.07) is 14.5. The fourth-order valence-electron chi connectivity index (χ4n) is 3.87. The van der Waals surface area contributed by atoms with Crippen molar-refractivity contribution in [3.8, 4) is 5.75 Å². The first kappa shape index (κ1) is 22.3. The van der Waals surface area contributed by atoms with Crippen LogP contribution in [0.3, 0.4) is 0 Å². The molecule has 162 valence electrons. The van der Waals surface area contributed by atoms with E-state index < -0.39 is 0 Å². The summed E-state index contributed by atoms with van der Waals surface area (Å²) in [5, 5.41) is 3.00. The van der Waals surface area contributed by atoms with Crippen LogP contribution in [0.1, 0.15) is 45.1 Å². The summed E-state index contributed by atoms with van der Waals surface area (Å²) >= 11 is 0. The third-order valence-electron chi connectivity index (χ3n) is 5.66. The van der Waals surface area contributed by atoms with Crippen molar-refractivity contribution in [2.45, 2.75) is 39.5 Å². The molecule has 1 fully saturated rings. The molecule has 1 saturated heterocycles. The van der Waals surface area contributed by atoms with Crippen molar-refractivity contribution in [1.29, 1.82) is 0 Å². The quantitative estimate of drug-likeness (QED) is 0.638. The van der Waals surface area contributed by atoms with Crippen LogP contribution in [0.4, 0.5) is 10.1 Å². The van der Waals surface area contributed by atoms with Gasteiger partial charge in [0.25, 0.3) is 0 Å². The monoisotopic (exact) mass is 412 g/mol. The number of carbonyl (C=O) groups excluding carboxylic acids is 1. The lowest BCUT2D eigenvalue weighted by atomic mass is 9.89. The lowest BCUT2D eigenvalue weighted by molar-refractivity contribution is -0.118. The normalized spacial score (nSPS) is 16.4. The number of hydrogen-bond donors (Lipinski definition) is 1. The lowest BCUT2D eigenvalue weighted by Gasteiger charge is -2.33. The fourth-order valence-corrected chi connectivity index (χ4v) is 3.87. The average Bonchev–Trinajstić information content (AvgIpc) is 2.74. The zero-order valence-corrected chi connectivity index (χ0v) is 18.2. The number of nitrogens with one attached hydrogen (secondary N) is 1. The first-order valence-corrected chi connectivity index (χ1v) is 10.9. The van der Waals surface area contributed by atoms with Gasteiger partial charge in [0.15, 0.2) is 0 Å². The van der Waals surface area contributed by atoms with Crippen LogP contribution in [-0.2, 0) is 4.79 Å². The van der Waals surface area contributed by atoms with Crippen LogP contribution in [-0.4, -0.2) is 37.0 Å². The number of rotatable bonds is 8. The highest BCUT2D eigenvalue weighted by Crippen LogP contribution is 2.30. The summed E-state index contributed by atoms with van der Waals surface area (Å²) in [4.78, 5) is 14.5. The van der Waals surface area contributed by atoms with Crippen molar-refractivity contribution in [3.63, 3.8) is 0 Å². The van der Waals surface area contributed by atoms with Crippen molar-refractivity contribution in [2.24, 2.45) is 11.8 Å². The van der Waals surface area contributed by atoms with Crippen LogP contribution in [0.2, 0.25) is 0 Å². The molecular formula is C25H33FN2O2. The van der Waals surface area contributed by atoms with E-state index in [9.17, 15) is 9.18 Å². The fraction of sp³-hybridized carbons (Fsp3) is 0.480. The van der Waals surface area contributed by atoms with Crippen LogP contribution in [0.5, 0.6) is 5.75 Å². The standard InChI is InChI=1S/C25H33FN2O2/c1-18(2)25(29)27-23-6-4-5-21(15-23)20-11-13-28(14-12-20)16-19(3)17-30-24-9-7-22(26)8-10-24/h4-10,15,18-20H,11-14,16-17H2,1-3H3,(H,27,29)/t19-/m1/s1. The van der Waals surface area contributed by atoms with Crippen LogP contribution in [0.25, 0.3) is 0 Å². The minimum absolute atomic E-state index is 0.0223. The third kappa shape index (κ3) is 6.56. The number of piperidine rings is 1. The molecule has 1 atom stereocenters. The number of ether oxygens (including phenoxy) is 1. The molecule has 2 aromatic carbocycles. The van der Waals surface area contributed by atoms with Gasteiger partial charge in [0, 0.05) is 24.1 Å². The van der Waals surface area contributed by atoms with Gasteiger partial charge in [-0.2, -0.15) is 0 Å². The molecule has 30 heavy (non-hydrogen) atoms. The van der Waals surface area contributed by atoms with Gasteiger partial charge < -0.3 is 15.0 Å². The third-order valence-corrected chi connectivity index (χ3v) is 5.66. The van der Waals surface area contributed by atoms with E-state index in [4.69, 9.17) is 4.74 Å². The summed E-state index contributed by atoms with van der Waals surface area (Å²) in [7, 11) is 0. The van der Waals surface area contributed by atoms with Gasteiger partial charge in [0.1, 0.15) is 11.6 Å². The number of halogens is 1. The molecule has 2 aromatic rings.